The zero-order valence-electron chi connectivity index (χ0n) is 17.3. The summed E-state index contributed by atoms with van der Waals surface area (Å²) >= 11 is 0. The van der Waals surface area contributed by atoms with Crippen LogP contribution in [0.4, 0.5) is 0 Å². The molecule has 9 nitrogen and oxygen atoms in total. The van der Waals surface area contributed by atoms with Crippen molar-refractivity contribution in [3.05, 3.63) is 17.7 Å². The summed E-state index contributed by atoms with van der Waals surface area (Å²) in [7, 11) is 5.00. The fourth-order valence-electron chi connectivity index (χ4n) is 2.89. The Balaban J connectivity index is 0.00000108. The first kappa shape index (κ1) is 25.5. The Morgan fingerprint density at radius 3 is 1.71 bits per heavy atom. The van der Waals surface area contributed by atoms with Crippen LogP contribution >= 0.6 is 0 Å². The molecule has 2 N–H and O–H groups in total. The number of hydrogen-bond donors (Lipinski definition) is 2. The molecule has 0 aliphatic carbocycles. The standard InChI is InChI=1S/C17H28N2O3.2CH2O2/c1-13(2)19-8-6-18(7-9-19)12-14-10-16(21-4)17(22-5)11-15(14)20-3;2*2-1-3/h10-11,13H,6-9,12H2,1-5H3;2*1H,(H,2,3). The number of benzene rings is 1. The largest absolute Gasteiger partial charge is 0.496 e. The van der Waals surface area contributed by atoms with Crippen molar-refractivity contribution in [3.8, 4) is 17.2 Å². The first-order valence-corrected chi connectivity index (χ1v) is 8.83. The third-order valence-corrected chi connectivity index (χ3v) is 4.32. The lowest BCUT2D eigenvalue weighted by Gasteiger charge is -2.37. The van der Waals surface area contributed by atoms with Crippen LogP contribution in [0.25, 0.3) is 0 Å². The fourth-order valence-corrected chi connectivity index (χ4v) is 2.89. The molecule has 0 saturated carbocycles. The number of ether oxygens (including phenoxy) is 3. The minimum Gasteiger partial charge on any atom is -0.496 e. The maximum Gasteiger partial charge on any atom is 0.290 e. The molecule has 0 radical (unpaired) electrons. The fraction of sp³-hybridized carbons (Fsp3) is 0.579. The second-order valence-corrected chi connectivity index (χ2v) is 6.14. The minimum atomic E-state index is -0.250. The average molecular weight is 400 g/mol. The number of carboxylic acid groups (broad SMARTS) is 2. The molecule has 1 saturated heterocycles. The number of carbonyl (C=O) groups is 2. The van der Waals surface area contributed by atoms with Crippen molar-refractivity contribution in [1.29, 1.82) is 0 Å². The maximum absolute atomic E-state index is 8.36. The van der Waals surface area contributed by atoms with Crippen molar-refractivity contribution in [1.82, 2.24) is 9.80 Å². The summed E-state index contributed by atoms with van der Waals surface area (Å²) in [6, 6.07) is 4.54. The van der Waals surface area contributed by atoms with Gasteiger partial charge in [-0.25, -0.2) is 0 Å². The van der Waals surface area contributed by atoms with Crippen molar-refractivity contribution in [2.75, 3.05) is 47.5 Å². The molecule has 0 bridgehead atoms. The van der Waals surface area contributed by atoms with Crippen molar-refractivity contribution >= 4 is 12.9 Å². The quantitative estimate of drug-likeness (QED) is 0.689. The summed E-state index contributed by atoms with van der Waals surface area (Å²) < 4.78 is 16.3. The highest BCUT2D eigenvalue weighted by Crippen LogP contribution is 2.35. The monoisotopic (exact) mass is 400 g/mol. The highest BCUT2D eigenvalue weighted by molar-refractivity contribution is 5.50. The maximum atomic E-state index is 8.36. The van der Waals surface area contributed by atoms with Gasteiger partial charge in [-0.05, 0) is 19.9 Å². The van der Waals surface area contributed by atoms with Crippen LogP contribution in [-0.4, -0.2) is 86.5 Å². The van der Waals surface area contributed by atoms with Gasteiger partial charge in [0, 0.05) is 50.4 Å². The summed E-state index contributed by atoms with van der Waals surface area (Å²) in [4.78, 5) is 21.7. The van der Waals surface area contributed by atoms with E-state index in [0.717, 1.165) is 49.8 Å². The zero-order valence-corrected chi connectivity index (χ0v) is 17.3. The Kier molecular flexibility index (Phi) is 13.2. The van der Waals surface area contributed by atoms with E-state index in [9.17, 15) is 0 Å². The highest BCUT2D eigenvalue weighted by atomic mass is 16.5. The van der Waals surface area contributed by atoms with Crippen LogP contribution in [0.2, 0.25) is 0 Å². The first-order chi connectivity index (χ1) is 13.4. The Morgan fingerprint density at radius 1 is 0.893 bits per heavy atom. The zero-order chi connectivity index (χ0) is 21.5. The van der Waals surface area contributed by atoms with E-state index in [1.165, 1.54) is 0 Å². The second kappa shape index (κ2) is 14.5. The van der Waals surface area contributed by atoms with Crippen LogP contribution in [-0.2, 0) is 16.1 Å². The van der Waals surface area contributed by atoms with Gasteiger partial charge in [0.1, 0.15) is 5.75 Å². The minimum absolute atomic E-state index is 0.250. The molecule has 0 unspecified atom stereocenters. The molecule has 2 rings (SSSR count). The Bertz CT molecular complexity index is 568. The van der Waals surface area contributed by atoms with Gasteiger partial charge in [-0.15, -0.1) is 0 Å². The third-order valence-electron chi connectivity index (χ3n) is 4.32. The highest BCUT2D eigenvalue weighted by Gasteiger charge is 2.20. The predicted octanol–water partition coefficient (Wildman–Crippen LogP) is 1.64. The van der Waals surface area contributed by atoms with E-state index in [1.807, 2.05) is 12.1 Å². The van der Waals surface area contributed by atoms with E-state index in [4.69, 9.17) is 34.0 Å². The molecule has 0 atom stereocenters. The Morgan fingerprint density at radius 2 is 1.32 bits per heavy atom. The molecule has 0 amide bonds. The second-order valence-electron chi connectivity index (χ2n) is 6.14. The molecule has 1 heterocycles. The van der Waals surface area contributed by atoms with Crippen molar-refractivity contribution < 1.29 is 34.0 Å². The molecule has 1 fully saturated rings. The molecule has 0 spiro atoms. The SMILES string of the molecule is COc1cc(OC)c(OC)cc1CN1CCN(C(C)C)CC1.O=CO.O=CO. The predicted molar refractivity (Wildman–Crippen MR) is 105 cm³/mol. The van der Waals surface area contributed by atoms with Crippen molar-refractivity contribution in [3.63, 3.8) is 0 Å². The molecule has 9 heteroatoms. The topological polar surface area (TPSA) is 109 Å². The van der Waals surface area contributed by atoms with Crippen LogP contribution in [0.1, 0.15) is 19.4 Å². The molecule has 1 aliphatic heterocycles. The van der Waals surface area contributed by atoms with E-state index < -0.39 is 0 Å². The Labute approximate surface area is 166 Å². The van der Waals surface area contributed by atoms with Gasteiger partial charge in [0.15, 0.2) is 11.5 Å². The van der Waals surface area contributed by atoms with Crippen molar-refractivity contribution in [2.45, 2.75) is 26.4 Å². The lowest BCUT2D eigenvalue weighted by molar-refractivity contribution is -0.123. The molecule has 160 valence electrons. The molecule has 28 heavy (non-hydrogen) atoms. The van der Waals surface area contributed by atoms with Crippen LogP contribution in [0.3, 0.4) is 0 Å². The van der Waals surface area contributed by atoms with Gasteiger partial charge in [0.25, 0.3) is 12.9 Å². The van der Waals surface area contributed by atoms with E-state index in [0.29, 0.717) is 11.8 Å². The van der Waals surface area contributed by atoms with Gasteiger partial charge in [0.2, 0.25) is 0 Å². The summed E-state index contributed by atoms with van der Waals surface area (Å²) in [6.45, 7) is 9.28. The molecular formula is C19H32N2O7. The lowest BCUT2D eigenvalue weighted by atomic mass is 10.1. The molecular weight excluding hydrogens is 368 g/mol. The Hall–Kier alpha value is -2.52. The van der Waals surface area contributed by atoms with E-state index in [-0.39, 0.29) is 12.9 Å². The average Bonchev–Trinajstić information content (AvgIpc) is 2.69. The number of hydrogen-bond acceptors (Lipinski definition) is 7. The lowest BCUT2D eigenvalue weighted by Crippen LogP contribution is -2.48. The smallest absolute Gasteiger partial charge is 0.290 e. The summed E-state index contributed by atoms with van der Waals surface area (Å²) in [5.74, 6) is 2.30. The number of nitrogens with zero attached hydrogens (tertiary/aromatic N) is 2. The summed E-state index contributed by atoms with van der Waals surface area (Å²) in [5, 5.41) is 13.8. The summed E-state index contributed by atoms with van der Waals surface area (Å²) in [6.07, 6.45) is 0. The third kappa shape index (κ3) is 8.45. The summed E-state index contributed by atoms with van der Waals surface area (Å²) in [5.41, 5.74) is 1.14. The molecule has 1 aliphatic rings. The number of rotatable bonds is 6. The van der Waals surface area contributed by atoms with Gasteiger partial charge in [-0.3, -0.25) is 19.4 Å². The van der Waals surface area contributed by atoms with Gasteiger partial charge >= 0.3 is 0 Å². The van der Waals surface area contributed by atoms with E-state index in [1.54, 1.807) is 21.3 Å². The first-order valence-electron chi connectivity index (χ1n) is 8.83. The van der Waals surface area contributed by atoms with Gasteiger partial charge < -0.3 is 24.4 Å². The molecule has 1 aromatic carbocycles. The van der Waals surface area contributed by atoms with Gasteiger partial charge in [-0.1, -0.05) is 0 Å². The normalized spacial score (nSPS) is 14.1. The van der Waals surface area contributed by atoms with Gasteiger partial charge in [-0.2, -0.15) is 0 Å². The van der Waals surface area contributed by atoms with Crippen LogP contribution in [0, 0.1) is 0 Å². The van der Waals surface area contributed by atoms with Crippen LogP contribution in [0.15, 0.2) is 12.1 Å². The van der Waals surface area contributed by atoms with Crippen LogP contribution < -0.4 is 14.2 Å². The van der Waals surface area contributed by atoms with Crippen molar-refractivity contribution in [2.24, 2.45) is 0 Å². The molecule has 1 aromatic rings. The number of methoxy groups -OCH3 is 3. The number of piperazine rings is 1. The molecule has 0 aromatic heterocycles. The van der Waals surface area contributed by atoms with E-state index in [2.05, 4.69) is 23.6 Å². The van der Waals surface area contributed by atoms with Gasteiger partial charge in [0.05, 0.1) is 21.3 Å². The van der Waals surface area contributed by atoms with Crippen LogP contribution in [0.5, 0.6) is 17.2 Å². The van der Waals surface area contributed by atoms with E-state index >= 15 is 0 Å².